The van der Waals surface area contributed by atoms with Gasteiger partial charge in [0.2, 0.25) is 0 Å². The molecule has 1 aliphatic heterocycles. The van der Waals surface area contributed by atoms with Crippen molar-refractivity contribution >= 4 is 23.5 Å². The molecule has 1 aliphatic rings. The number of hydrogen-bond donors (Lipinski definition) is 3. The Morgan fingerprint density at radius 1 is 0.900 bits per heavy atom. The number of thioether (sulfide) groups is 1. The van der Waals surface area contributed by atoms with Crippen molar-refractivity contribution in [1.29, 1.82) is 0 Å². The van der Waals surface area contributed by atoms with E-state index >= 15 is 0 Å². The molecule has 40 heavy (non-hydrogen) atoms. The molecule has 6 nitrogen and oxygen atoms in total. The number of ketones is 1. The van der Waals surface area contributed by atoms with E-state index in [1.54, 1.807) is 24.3 Å². The summed E-state index contributed by atoms with van der Waals surface area (Å²) in [5, 5.41) is 28.1. The fourth-order valence-corrected chi connectivity index (χ4v) is 6.49. The van der Waals surface area contributed by atoms with Gasteiger partial charge < -0.3 is 20.1 Å². The largest absolute Gasteiger partial charge is 0.508 e. The molecule has 1 atom stereocenters. The number of hydrogen-bond acceptors (Lipinski definition) is 7. The zero-order valence-electron chi connectivity index (χ0n) is 23.6. The van der Waals surface area contributed by atoms with Crippen LogP contribution in [0.25, 0.3) is 0 Å². The normalized spacial score (nSPS) is 17.1. The summed E-state index contributed by atoms with van der Waals surface area (Å²) in [6.45, 7) is 8.06. The van der Waals surface area contributed by atoms with E-state index in [1.165, 1.54) is 11.8 Å². The summed E-state index contributed by atoms with van der Waals surface area (Å²) in [5.74, 6) is -0.313. The molecule has 0 aliphatic carbocycles. The number of carbonyl (C=O) groups excluding carboxylic acids is 2. The van der Waals surface area contributed by atoms with Crippen LogP contribution in [-0.4, -0.2) is 37.9 Å². The van der Waals surface area contributed by atoms with Gasteiger partial charge in [-0.1, -0.05) is 51.1 Å². The van der Waals surface area contributed by atoms with Crippen molar-refractivity contribution in [3.05, 3.63) is 88.5 Å². The second-order valence-corrected chi connectivity index (χ2v) is 12.9. The van der Waals surface area contributed by atoms with Gasteiger partial charge in [-0.2, -0.15) is 0 Å². The summed E-state index contributed by atoms with van der Waals surface area (Å²) < 4.78 is 6.20. The number of cyclic esters (lactones) is 1. The number of Topliss-reactive ketones (excluding diaryl/α,β-unsaturated/α-hetero) is 1. The number of phenolic OH excluding ortho intramolecular Hbond substituents is 2. The first kappa shape index (κ1) is 29.7. The average molecular weight is 563 g/mol. The predicted octanol–water partition coefficient (Wildman–Crippen LogP) is 6.18. The minimum atomic E-state index is -0.962. The van der Waals surface area contributed by atoms with Crippen LogP contribution < -0.4 is 0 Å². The standard InChI is InChI=1S/C33H38O6S/c1-21-17-29(27(32(2,3)4)18-24(21)20-34)40-30-28(37)19-33(39-31(30)38,15-13-22-5-9-25(35)10-6-22)16-14-23-7-11-26(36)12-8-23/h5-12,17-18,30,34-36H,13-16,19-20H2,1-4H3. The molecule has 0 spiro atoms. The lowest BCUT2D eigenvalue weighted by Crippen LogP contribution is -2.49. The Hall–Kier alpha value is -3.29. The van der Waals surface area contributed by atoms with Gasteiger partial charge in [0.1, 0.15) is 17.1 Å². The first-order valence-electron chi connectivity index (χ1n) is 13.6. The van der Waals surface area contributed by atoms with Crippen molar-refractivity contribution in [1.82, 2.24) is 0 Å². The Kier molecular flexibility index (Phi) is 8.96. The third kappa shape index (κ3) is 7.07. The van der Waals surface area contributed by atoms with Crippen LogP contribution in [-0.2, 0) is 39.2 Å². The molecule has 1 fully saturated rings. The number of esters is 1. The maximum absolute atomic E-state index is 13.7. The van der Waals surface area contributed by atoms with Crippen LogP contribution in [0.1, 0.15) is 67.9 Å². The monoisotopic (exact) mass is 562 g/mol. The molecule has 0 aromatic heterocycles. The lowest BCUT2D eigenvalue weighted by Gasteiger charge is -2.39. The Morgan fingerprint density at radius 2 is 1.43 bits per heavy atom. The maximum atomic E-state index is 13.7. The highest BCUT2D eigenvalue weighted by atomic mass is 32.2. The fourth-order valence-electron chi connectivity index (χ4n) is 5.14. The molecule has 3 aromatic carbocycles. The molecule has 1 heterocycles. The zero-order chi connectivity index (χ0) is 29.1. The van der Waals surface area contributed by atoms with Crippen molar-refractivity contribution < 1.29 is 29.6 Å². The quantitative estimate of drug-likeness (QED) is 0.211. The minimum Gasteiger partial charge on any atom is -0.508 e. The summed E-state index contributed by atoms with van der Waals surface area (Å²) >= 11 is 1.24. The number of aromatic hydroxyl groups is 2. The third-order valence-corrected chi connectivity index (χ3v) is 8.88. The van der Waals surface area contributed by atoms with Gasteiger partial charge in [0.15, 0.2) is 11.0 Å². The van der Waals surface area contributed by atoms with E-state index in [0.717, 1.165) is 32.7 Å². The highest BCUT2D eigenvalue weighted by Crippen LogP contribution is 2.42. The molecule has 3 N–H and O–H groups in total. The van der Waals surface area contributed by atoms with Crippen LogP contribution in [0.5, 0.6) is 11.5 Å². The molecule has 212 valence electrons. The van der Waals surface area contributed by atoms with Crippen LogP contribution >= 0.6 is 11.8 Å². The number of carbonyl (C=O) groups is 2. The predicted molar refractivity (Wildman–Crippen MR) is 157 cm³/mol. The number of rotatable bonds is 9. The average Bonchev–Trinajstić information content (AvgIpc) is 2.89. The van der Waals surface area contributed by atoms with E-state index in [1.807, 2.05) is 43.3 Å². The Morgan fingerprint density at radius 3 is 1.88 bits per heavy atom. The smallest absolute Gasteiger partial charge is 0.327 e. The highest BCUT2D eigenvalue weighted by molar-refractivity contribution is 8.01. The summed E-state index contributed by atoms with van der Waals surface area (Å²) in [4.78, 5) is 28.1. The molecule has 0 saturated carbocycles. The topological polar surface area (TPSA) is 104 Å². The van der Waals surface area contributed by atoms with Crippen LogP contribution in [0.3, 0.4) is 0 Å². The molecule has 1 unspecified atom stereocenters. The molecule has 7 heteroatoms. The second-order valence-electron chi connectivity index (χ2n) is 11.8. The van der Waals surface area contributed by atoms with Crippen molar-refractivity contribution in [3.8, 4) is 11.5 Å². The lowest BCUT2D eigenvalue weighted by atomic mass is 9.82. The van der Waals surface area contributed by atoms with Crippen molar-refractivity contribution in [2.45, 2.75) is 87.6 Å². The molecular weight excluding hydrogens is 524 g/mol. The van der Waals surface area contributed by atoms with Gasteiger partial charge in [-0.25, -0.2) is 0 Å². The van der Waals surface area contributed by atoms with Gasteiger partial charge in [-0.3, -0.25) is 9.59 Å². The van der Waals surface area contributed by atoms with E-state index in [0.29, 0.717) is 25.7 Å². The third-order valence-electron chi connectivity index (χ3n) is 7.59. The molecular formula is C33H38O6S. The Balaban J connectivity index is 1.58. The van der Waals surface area contributed by atoms with Crippen LogP contribution in [0.4, 0.5) is 0 Å². The Labute approximate surface area is 240 Å². The molecule has 0 radical (unpaired) electrons. The summed E-state index contributed by atoms with van der Waals surface area (Å²) in [6.07, 6.45) is 2.24. The molecule has 3 aromatic rings. The van der Waals surface area contributed by atoms with Crippen LogP contribution in [0.15, 0.2) is 65.6 Å². The number of benzene rings is 3. The summed E-state index contributed by atoms with van der Waals surface area (Å²) in [5.41, 5.74) is 3.47. The van der Waals surface area contributed by atoms with E-state index in [-0.39, 0.29) is 35.7 Å². The first-order valence-corrected chi connectivity index (χ1v) is 14.5. The number of aliphatic hydroxyl groups is 1. The van der Waals surface area contributed by atoms with Crippen molar-refractivity contribution in [3.63, 3.8) is 0 Å². The maximum Gasteiger partial charge on any atom is 0.327 e. The van der Waals surface area contributed by atoms with Gasteiger partial charge in [-0.15, -0.1) is 11.8 Å². The van der Waals surface area contributed by atoms with Crippen molar-refractivity contribution in [2.75, 3.05) is 0 Å². The molecule has 0 bridgehead atoms. The van der Waals surface area contributed by atoms with E-state index < -0.39 is 16.8 Å². The summed E-state index contributed by atoms with van der Waals surface area (Å²) in [6, 6.07) is 17.8. The van der Waals surface area contributed by atoms with E-state index in [9.17, 15) is 24.9 Å². The number of phenols is 2. The van der Waals surface area contributed by atoms with Crippen molar-refractivity contribution in [2.24, 2.45) is 0 Å². The van der Waals surface area contributed by atoms with Gasteiger partial charge in [0, 0.05) is 11.3 Å². The number of ether oxygens (including phenoxy) is 1. The summed E-state index contributed by atoms with van der Waals surface area (Å²) in [7, 11) is 0. The second kappa shape index (κ2) is 12.1. The molecule has 4 rings (SSSR count). The van der Waals surface area contributed by atoms with Gasteiger partial charge in [0.25, 0.3) is 0 Å². The van der Waals surface area contributed by atoms with Gasteiger partial charge in [0.05, 0.1) is 6.61 Å². The molecule has 1 saturated heterocycles. The van der Waals surface area contributed by atoms with Crippen LogP contribution in [0, 0.1) is 6.92 Å². The fraction of sp³-hybridized carbons (Fsp3) is 0.394. The Bertz CT molecular complexity index is 1290. The number of aliphatic hydroxyl groups excluding tert-OH is 1. The molecule has 0 amide bonds. The minimum absolute atomic E-state index is 0.0746. The van der Waals surface area contributed by atoms with Gasteiger partial charge in [-0.05, 0) is 96.2 Å². The van der Waals surface area contributed by atoms with Crippen LogP contribution in [0.2, 0.25) is 0 Å². The van der Waals surface area contributed by atoms with E-state index in [4.69, 9.17) is 4.74 Å². The SMILES string of the molecule is Cc1cc(SC2C(=O)CC(CCc3ccc(O)cc3)(CCc3ccc(O)cc3)OC2=O)c(C(C)(C)C)cc1CO. The zero-order valence-corrected chi connectivity index (χ0v) is 24.4. The van der Waals surface area contributed by atoms with Gasteiger partial charge >= 0.3 is 5.97 Å². The van der Waals surface area contributed by atoms with E-state index in [2.05, 4.69) is 20.8 Å². The number of aryl methyl sites for hydroxylation is 3. The lowest BCUT2D eigenvalue weighted by molar-refractivity contribution is -0.171. The first-order chi connectivity index (χ1) is 18.9. The highest BCUT2D eigenvalue weighted by Gasteiger charge is 2.47.